The molecule has 1 saturated heterocycles. The first kappa shape index (κ1) is 19.3. The Kier molecular flexibility index (Phi) is 5.46. The fourth-order valence-corrected chi connectivity index (χ4v) is 3.84. The normalized spacial score (nSPS) is 18.0. The number of amides is 3. The van der Waals surface area contributed by atoms with Crippen LogP contribution in [0, 0.1) is 0 Å². The van der Waals surface area contributed by atoms with E-state index in [2.05, 4.69) is 5.32 Å². The Bertz CT molecular complexity index is 825. The van der Waals surface area contributed by atoms with E-state index in [4.69, 9.17) is 0 Å². The van der Waals surface area contributed by atoms with Crippen molar-refractivity contribution in [3.05, 3.63) is 65.7 Å². The summed E-state index contributed by atoms with van der Waals surface area (Å²) in [6.07, 6.45) is -4.23. The fourth-order valence-electron chi connectivity index (χ4n) is 2.68. The minimum atomic E-state index is -4.39. The number of rotatable bonds is 4. The Balaban J connectivity index is 1.62. The maximum Gasteiger partial charge on any atom is 0.416 e. The number of nitrogens with one attached hydrogen (secondary N) is 1. The predicted octanol–water partition coefficient (Wildman–Crippen LogP) is 4.83. The number of benzene rings is 2. The zero-order valence-corrected chi connectivity index (χ0v) is 15.2. The summed E-state index contributed by atoms with van der Waals surface area (Å²) >= 11 is 1.19. The molecule has 1 aliphatic heterocycles. The Hall–Kier alpha value is -2.48. The third-order valence-corrected chi connectivity index (χ3v) is 5.41. The summed E-state index contributed by atoms with van der Waals surface area (Å²) in [5, 5.41) is 2.34. The summed E-state index contributed by atoms with van der Waals surface area (Å²) in [6.45, 7) is 1.81. The lowest BCUT2D eigenvalue weighted by atomic mass is 10.1. The van der Waals surface area contributed by atoms with Gasteiger partial charge in [0.15, 0.2) is 0 Å². The highest BCUT2D eigenvalue weighted by Crippen LogP contribution is 2.37. The molecule has 1 N–H and O–H groups in total. The van der Waals surface area contributed by atoms with Gasteiger partial charge in [-0.25, -0.2) is 4.79 Å². The van der Waals surface area contributed by atoms with Gasteiger partial charge in [-0.05, 0) is 36.8 Å². The number of likely N-dealkylation sites (tertiary alicyclic amines) is 1. The van der Waals surface area contributed by atoms with Crippen LogP contribution < -0.4 is 5.32 Å². The number of thioether (sulfide) groups is 1. The monoisotopic (exact) mass is 394 g/mol. The van der Waals surface area contributed by atoms with E-state index in [0.29, 0.717) is 4.90 Å². The lowest BCUT2D eigenvalue weighted by molar-refractivity contribution is -0.138. The maximum absolute atomic E-state index is 12.6. The van der Waals surface area contributed by atoms with Crippen molar-refractivity contribution < 1.29 is 22.8 Å². The van der Waals surface area contributed by atoms with E-state index in [1.807, 2.05) is 37.3 Å². The molecule has 2 aromatic rings. The maximum atomic E-state index is 12.6. The van der Waals surface area contributed by atoms with Gasteiger partial charge in [0, 0.05) is 4.90 Å². The largest absolute Gasteiger partial charge is 0.416 e. The molecule has 4 nitrogen and oxygen atoms in total. The molecule has 0 aromatic heterocycles. The van der Waals surface area contributed by atoms with Crippen molar-refractivity contribution in [1.82, 2.24) is 10.2 Å². The Morgan fingerprint density at radius 1 is 1.15 bits per heavy atom. The van der Waals surface area contributed by atoms with Crippen LogP contribution in [0.5, 0.6) is 0 Å². The smallest absolute Gasteiger partial charge is 0.331 e. The molecule has 2 atom stereocenters. The van der Waals surface area contributed by atoms with Crippen LogP contribution in [-0.2, 0) is 11.0 Å². The molecule has 0 saturated carbocycles. The van der Waals surface area contributed by atoms with Gasteiger partial charge in [0.25, 0.3) is 0 Å². The highest BCUT2D eigenvalue weighted by Gasteiger charge is 2.42. The van der Waals surface area contributed by atoms with Crippen LogP contribution in [0.2, 0.25) is 0 Å². The van der Waals surface area contributed by atoms with Gasteiger partial charge in [-0.3, -0.25) is 9.69 Å². The molecule has 0 unspecified atom stereocenters. The highest BCUT2D eigenvalue weighted by atomic mass is 32.2. The third kappa shape index (κ3) is 4.44. The predicted molar refractivity (Wildman–Crippen MR) is 95.9 cm³/mol. The van der Waals surface area contributed by atoms with Gasteiger partial charge in [0.1, 0.15) is 5.37 Å². The second-order valence-corrected chi connectivity index (χ2v) is 7.40. The summed E-state index contributed by atoms with van der Waals surface area (Å²) < 4.78 is 37.9. The number of β-lactam (4-membered cyclic amide) rings is 1. The number of hydrogen-bond donors (Lipinski definition) is 1. The number of nitrogens with zero attached hydrogens (tertiary/aromatic N) is 1. The van der Waals surface area contributed by atoms with Crippen molar-refractivity contribution in [1.29, 1.82) is 0 Å². The molecular formula is C19H17F3N2O2S. The van der Waals surface area contributed by atoms with Crippen LogP contribution in [0.25, 0.3) is 0 Å². The number of alkyl halides is 3. The Morgan fingerprint density at radius 3 is 2.33 bits per heavy atom. The van der Waals surface area contributed by atoms with E-state index in [1.54, 1.807) is 0 Å². The zero-order valence-electron chi connectivity index (χ0n) is 14.4. The first-order valence-corrected chi connectivity index (χ1v) is 9.15. The molecule has 1 aliphatic rings. The SMILES string of the molecule is C[C@H](NC(=O)N1C(=O)C[C@@H]1Sc1ccc(C(F)(F)F)cc1)c1ccccc1. The highest BCUT2D eigenvalue weighted by molar-refractivity contribution is 8.00. The van der Waals surface area contributed by atoms with E-state index in [1.165, 1.54) is 23.9 Å². The molecule has 1 heterocycles. The zero-order chi connectivity index (χ0) is 19.6. The van der Waals surface area contributed by atoms with Crippen LogP contribution in [-0.4, -0.2) is 22.2 Å². The first-order chi connectivity index (χ1) is 12.8. The van der Waals surface area contributed by atoms with Gasteiger partial charge < -0.3 is 5.32 Å². The molecule has 27 heavy (non-hydrogen) atoms. The lowest BCUT2D eigenvalue weighted by Gasteiger charge is -2.38. The van der Waals surface area contributed by atoms with Gasteiger partial charge in [-0.2, -0.15) is 13.2 Å². The van der Waals surface area contributed by atoms with Crippen LogP contribution >= 0.6 is 11.8 Å². The summed E-state index contributed by atoms with van der Waals surface area (Å²) in [6, 6.07) is 13.2. The van der Waals surface area contributed by atoms with Crippen LogP contribution in [0.15, 0.2) is 59.5 Å². The fraction of sp³-hybridized carbons (Fsp3) is 0.263. The summed E-state index contributed by atoms with van der Waals surface area (Å²) in [5.41, 5.74) is 0.175. The molecule has 2 aromatic carbocycles. The van der Waals surface area contributed by atoms with E-state index < -0.39 is 23.1 Å². The Labute approximate surface area is 158 Å². The van der Waals surface area contributed by atoms with Gasteiger partial charge in [-0.15, -0.1) is 0 Å². The number of hydrogen-bond acceptors (Lipinski definition) is 3. The van der Waals surface area contributed by atoms with Crippen LogP contribution in [0.4, 0.5) is 18.0 Å². The van der Waals surface area contributed by atoms with E-state index in [-0.39, 0.29) is 18.4 Å². The molecule has 3 amide bonds. The Morgan fingerprint density at radius 2 is 1.78 bits per heavy atom. The van der Waals surface area contributed by atoms with Gasteiger partial charge in [0.05, 0.1) is 18.0 Å². The van der Waals surface area contributed by atoms with Crippen LogP contribution in [0.3, 0.4) is 0 Å². The second kappa shape index (κ2) is 7.64. The quantitative estimate of drug-likeness (QED) is 0.756. The summed E-state index contributed by atoms with van der Waals surface area (Å²) in [5.74, 6) is -0.308. The minimum Gasteiger partial charge on any atom is -0.331 e. The number of carbonyl (C=O) groups excluding carboxylic acids is 2. The van der Waals surface area contributed by atoms with Crippen LogP contribution in [0.1, 0.15) is 30.5 Å². The standard InChI is InChI=1S/C19H17F3N2O2S/c1-12(13-5-3-2-4-6-13)23-18(26)24-16(25)11-17(24)27-15-9-7-14(8-10-15)19(20,21)22/h2-10,12,17H,11H2,1H3,(H,23,26)/t12-,17-/m0/s1. The van der Waals surface area contributed by atoms with E-state index in [9.17, 15) is 22.8 Å². The van der Waals surface area contributed by atoms with Gasteiger partial charge in [-0.1, -0.05) is 42.1 Å². The van der Waals surface area contributed by atoms with Crippen molar-refractivity contribution in [2.24, 2.45) is 0 Å². The molecule has 3 rings (SSSR count). The van der Waals surface area contributed by atoms with Gasteiger partial charge >= 0.3 is 12.2 Å². The molecule has 142 valence electrons. The molecular weight excluding hydrogens is 377 g/mol. The van der Waals surface area contributed by atoms with Crippen molar-refractivity contribution in [2.75, 3.05) is 0 Å². The molecule has 0 bridgehead atoms. The number of halogens is 3. The summed E-state index contributed by atoms with van der Waals surface area (Å²) in [7, 11) is 0. The number of urea groups is 1. The molecule has 1 fully saturated rings. The van der Waals surface area contributed by atoms with Crippen molar-refractivity contribution in [3.8, 4) is 0 Å². The number of carbonyl (C=O) groups is 2. The molecule has 0 aliphatic carbocycles. The molecule has 0 radical (unpaired) electrons. The minimum absolute atomic E-state index is 0.166. The molecule has 8 heteroatoms. The second-order valence-electron chi connectivity index (χ2n) is 6.14. The van der Waals surface area contributed by atoms with Crippen molar-refractivity contribution >= 4 is 23.7 Å². The van der Waals surface area contributed by atoms with Crippen molar-refractivity contribution in [2.45, 2.75) is 35.8 Å². The van der Waals surface area contributed by atoms with Gasteiger partial charge in [0.2, 0.25) is 5.91 Å². The van der Waals surface area contributed by atoms with E-state index >= 15 is 0 Å². The summed E-state index contributed by atoms with van der Waals surface area (Å²) in [4.78, 5) is 26.0. The lowest BCUT2D eigenvalue weighted by Crippen LogP contribution is -2.57. The number of imide groups is 1. The average molecular weight is 394 g/mol. The first-order valence-electron chi connectivity index (χ1n) is 8.27. The van der Waals surface area contributed by atoms with E-state index in [0.717, 1.165) is 22.6 Å². The topological polar surface area (TPSA) is 49.4 Å². The van der Waals surface area contributed by atoms with Crippen molar-refractivity contribution in [3.63, 3.8) is 0 Å². The average Bonchev–Trinajstić information content (AvgIpc) is 2.61. The molecule has 0 spiro atoms. The third-order valence-electron chi connectivity index (χ3n) is 4.22.